The van der Waals surface area contributed by atoms with Crippen molar-refractivity contribution in [3.8, 4) is 5.75 Å². The van der Waals surface area contributed by atoms with Crippen molar-refractivity contribution >= 4 is 45.5 Å². The Balaban J connectivity index is 1.58. The lowest BCUT2D eigenvalue weighted by Crippen LogP contribution is -2.13. The van der Waals surface area contributed by atoms with Crippen LogP contribution >= 0.6 is 0 Å². The van der Waals surface area contributed by atoms with Gasteiger partial charge in [-0.15, -0.1) is 0 Å². The first-order valence-corrected chi connectivity index (χ1v) is 12.5. The number of amides is 1. The Morgan fingerprint density at radius 1 is 1.00 bits per heavy atom. The highest BCUT2D eigenvalue weighted by molar-refractivity contribution is 5.99. The molecule has 8 heteroatoms. The van der Waals surface area contributed by atoms with Crippen LogP contribution in [0.4, 0.5) is 28.8 Å². The third-order valence-electron chi connectivity index (χ3n) is 5.90. The van der Waals surface area contributed by atoms with Crippen molar-refractivity contribution < 1.29 is 9.53 Å². The summed E-state index contributed by atoms with van der Waals surface area (Å²) in [4.78, 5) is 23.6. The standard InChI is InChI=1S/C30H34N6O2/c1-20(2)25-19-31-30(35-29(25)33-23-13-12-21-9-6-7-10-22(21)17-23)34-26-18-24(14-15-27(26)38-5)32-28(37)11-8-16-36(3)4/h6-15,17-20H,16H2,1-5H3,(H,32,37)(H2,31,33,34,35)/b11-8+. The number of carbonyl (C=O) groups excluding carboxylic acids is 1. The number of anilines is 5. The molecule has 3 aromatic carbocycles. The molecule has 0 bridgehead atoms. The Bertz CT molecular complexity index is 1450. The zero-order valence-electron chi connectivity index (χ0n) is 22.4. The molecule has 3 N–H and O–H groups in total. The quantitative estimate of drug-likeness (QED) is 0.216. The van der Waals surface area contributed by atoms with E-state index in [1.807, 2.05) is 49.5 Å². The van der Waals surface area contributed by atoms with Crippen LogP contribution in [0.3, 0.4) is 0 Å². The van der Waals surface area contributed by atoms with E-state index in [0.717, 1.165) is 22.5 Å². The maximum atomic E-state index is 12.3. The van der Waals surface area contributed by atoms with Gasteiger partial charge in [0, 0.05) is 35.8 Å². The summed E-state index contributed by atoms with van der Waals surface area (Å²) in [5.41, 5.74) is 3.21. The van der Waals surface area contributed by atoms with E-state index >= 15 is 0 Å². The molecular weight excluding hydrogens is 476 g/mol. The summed E-state index contributed by atoms with van der Waals surface area (Å²) in [7, 11) is 5.49. The molecule has 0 saturated heterocycles. The fraction of sp³-hybridized carbons (Fsp3) is 0.233. The van der Waals surface area contributed by atoms with Crippen molar-refractivity contribution in [1.29, 1.82) is 0 Å². The summed E-state index contributed by atoms with van der Waals surface area (Å²) in [5, 5.41) is 11.9. The topological polar surface area (TPSA) is 91.4 Å². The third-order valence-corrected chi connectivity index (χ3v) is 5.90. The number of hydrogen-bond acceptors (Lipinski definition) is 7. The van der Waals surface area contributed by atoms with Crippen LogP contribution in [0.2, 0.25) is 0 Å². The highest BCUT2D eigenvalue weighted by atomic mass is 16.5. The summed E-state index contributed by atoms with van der Waals surface area (Å²) in [6, 6.07) is 19.9. The predicted octanol–water partition coefficient (Wildman–Crippen LogP) is 6.31. The lowest BCUT2D eigenvalue weighted by molar-refractivity contribution is -0.111. The molecule has 4 aromatic rings. The number of nitrogens with zero attached hydrogens (tertiary/aromatic N) is 3. The minimum atomic E-state index is -0.206. The monoisotopic (exact) mass is 510 g/mol. The molecule has 0 spiro atoms. The van der Waals surface area contributed by atoms with E-state index in [9.17, 15) is 4.79 Å². The Kier molecular flexibility index (Phi) is 8.55. The minimum absolute atomic E-state index is 0.206. The smallest absolute Gasteiger partial charge is 0.248 e. The lowest BCUT2D eigenvalue weighted by Gasteiger charge is -2.17. The number of fused-ring (bicyclic) bond motifs is 1. The molecule has 0 aliphatic carbocycles. The first kappa shape index (κ1) is 26.6. The third kappa shape index (κ3) is 6.86. The van der Waals surface area contributed by atoms with Crippen molar-refractivity contribution in [2.45, 2.75) is 19.8 Å². The zero-order valence-corrected chi connectivity index (χ0v) is 22.4. The van der Waals surface area contributed by atoms with Gasteiger partial charge >= 0.3 is 0 Å². The van der Waals surface area contributed by atoms with Crippen molar-refractivity contribution in [3.05, 3.63) is 84.6 Å². The maximum Gasteiger partial charge on any atom is 0.248 e. The molecule has 4 rings (SSSR count). The summed E-state index contributed by atoms with van der Waals surface area (Å²) in [5.74, 6) is 1.75. The zero-order chi connectivity index (χ0) is 27.1. The lowest BCUT2D eigenvalue weighted by atomic mass is 10.1. The van der Waals surface area contributed by atoms with E-state index < -0.39 is 0 Å². The van der Waals surface area contributed by atoms with Crippen LogP contribution in [-0.2, 0) is 4.79 Å². The van der Waals surface area contributed by atoms with Crippen LogP contribution in [0.25, 0.3) is 10.8 Å². The van der Waals surface area contributed by atoms with Gasteiger partial charge in [0.05, 0.1) is 12.8 Å². The van der Waals surface area contributed by atoms with E-state index in [-0.39, 0.29) is 11.8 Å². The van der Waals surface area contributed by atoms with Crippen molar-refractivity contribution in [3.63, 3.8) is 0 Å². The van der Waals surface area contributed by atoms with E-state index in [1.165, 1.54) is 11.5 Å². The summed E-state index contributed by atoms with van der Waals surface area (Å²) >= 11 is 0. The molecule has 0 unspecified atom stereocenters. The van der Waals surface area contributed by atoms with Gasteiger partial charge < -0.3 is 25.6 Å². The van der Waals surface area contributed by atoms with Gasteiger partial charge in [-0.2, -0.15) is 4.98 Å². The second kappa shape index (κ2) is 12.2. The van der Waals surface area contributed by atoms with Gasteiger partial charge in [0.1, 0.15) is 11.6 Å². The summed E-state index contributed by atoms with van der Waals surface area (Å²) in [6.07, 6.45) is 5.17. The molecule has 0 aliphatic rings. The Labute approximate surface area is 223 Å². The van der Waals surface area contributed by atoms with Crippen molar-refractivity contribution in [1.82, 2.24) is 14.9 Å². The van der Waals surface area contributed by atoms with E-state index in [4.69, 9.17) is 9.72 Å². The van der Waals surface area contributed by atoms with Gasteiger partial charge in [-0.05, 0) is 61.1 Å². The summed E-state index contributed by atoms with van der Waals surface area (Å²) in [6.45, 7) is 4.90. The first-order chi connectivity index (χ1) is 18.3. The van der Waals surface area contributed by atoms with Gasteiger partial charge in [0.25, 0.3) is 0 Å². The molecule has 38 heavy (non-hydrogen) atoms. The van der Waals surface area contributed by atoms with Gasteiger partial charge in [-0.3, -0.25) is 4.79 Å². The number of rotatable bonds is 10. The highest BCUT2D eigenvalue weighted by Crippen LogP contribution is 2.32. The molecular formula is C30H34N6O2. The fourth-order valence-electron chi connectivity index (χ4n) is 3.94. The van der Waals surface area contributed by atoms with E-state index in [2.05, 4.69) is 59.0 Å². The normalized spacial score (nSPS) is 11.3. The van der Waals surface area contributed by atoms with Crippen LogP contribution in [0.1, 0.15) is 25.3 Å². The number of carbonyl (C=O) groups is 1. The van der Waals surface area contributed by atoms with E-state index in [1.54, 1.807) is 25.3 Å². The molecule has 1 heterocycles. The molecule has 1 amide bonds. The van der Waals surface area contributed by atoms with Crippen LogP contribution in [0.5, 0.6) is 5.75 Å². The minimum Gasteiger partial charge on any atom is -0.495 e. The van der Waals surface area contributed by atoms with Crippen LogP contribution < -0.4 is 20.7 Å². The van der Waals surface area contributed by atoms with Crippen LogP contribution in [0, 0.1) is 0 Å². The molecule has 1 aromatic heterocycles. The Hall–Kier alpha value is -4.43. The van der Waals surface area contributed by atoms with Crippen molar-refractivity contribution in [2.24, 2.45) is 0 Å². The van der Waals surface area contributed by atoms with Crippen LogP contribution in [0.15, 0.2) is 79.0 Å². The number of likely N-dealkylation sites (N-methyl/N-ethyl adjacent to an activating group) is 1. The average Bonchev–Trinajstić information content (AvgIpc) is 2.88. The molecule has 0 fully saturated rings. The Morgan fingerprint density at radius 2 is 1.76 bits per heavy atom. The van der Waals surface area contributed by atoms with Gasteiger partial charge in [0.2, 0.25) is 11.9 Å². The fourth-order valence-corrected chi connectivity index (χ4v) is 3.94. The van der Waals surface area contributed by atoms with E-state index in [0.29, 0.717) is 29.6 Å². The SMILES string of the molecule is COc1ccc(NC(=O)/C=C/CN(C)C)cc1Nc1ncc(C(C)C)c(Nc2ccc3ccccc3c2)n1. The molecule has 0 aliphatic heterocycles. The largest absolute Gasteiger partial charge is 0.495 e. The molecule has 196 valence electrons. The number of aromatic nitrogens is 2. The number of ether oxygens (including phenoxy) is 1. The highest BCUT2D eigenvalue weighted by Gasteiger charge is 2.14. The average molecular weight is 511 g/mol. The number of benzene rings is 3. The predicted molar refractivity (Wildman–Crippen MR) is 156 cm³/mol. The number of hydrogen-bond donors (Lipinski definition) is 3. The van der Waals surface area contributed by atoms with Crippen molar-refractivity contribution in [2.75, 3.05) is 43.7 Å². The Morgan fingerprint density at radius 3 is 2.50 bits per heavy atom. The second-order valence-electron chi connectivity index (χ2n) is 9.53. The van der Waals surface area contributed by atoms with Crippen LogP contribution in [-0.4, -0.2) is 48.5 Å². The van der Waals surface area contributed by atoms with Gasteiger partial charge in [0.15, 0.2) is 0 Å². The molecule has 0 atom stereocenters. The van der Waals surface area contributed by atoms with Gasteiger partial charge in [-0.1, -0.05) is 50.3 Å². The number of nitrogens with one attached hydrogen (secondary N) is 3. The molecule has 8 nitrogen and oxygen atoms in total. The molecule has 0 radical (unpaired) electrons. The summed E-state index contributed by atoms with van der Waals surface area (Å²) < 4.78 is 5.53. The van der Waals surface area contributed by atoms with Gasteiger partial charge in [-0.25, -0.2) is 4.98 Å². The first-order valence-electron chi connectivity index (χ1n) is 12.5. The molecule has 0 saturated carbocycles. The number of methoxy groups -OCH3 is 1. The second-order valence-corrected chi connectivity index (χ2v) is 9.53. The maximum absolute atomic E-state index is 12.3.